The van der Waals surface area contributed by atoms with Crippen LogP contribution in [0.15, 0.2) is 0 Å². The number of carboxylic acid groups (broad SMARTS) is 1. The maximum absolute atomic E-state index is 11.9. The number of aliphatic carboxylic acids is 1. The lowest BCUT2D eigenvalue weighted by Crippen LogP contribution is -2.32. The Balaban J connectivity index is 2.70. The van der Waals surface area contributed by atoms with Gasteiger partial charge in [-0.15, -0.1) is 5.10 Å². The number of amides is 1. The van der Waals surface area contributed by atoms with Gasteiger partial charge in [-0.3, -0.25) is 9.59 Å². The van der Waals surface area contributed by atoms with Gasteiger partial charge in [0.1, 0.15) is 4.88 Å². The smallest absolute Gasteiger partial charge is 0.305 e. The van der Waals surface area contributed by atoms with Crippen LogP contribution in [0, 0.1) is 6.92 Å². The number of carbonyl (C=O) groups excluding carboxylic acids is 1. The molecule has 6 nitrogen and oxygen atoms in total. The van der Waals surface area contributed by atoms with Crippen molar-refractivity contribution >= 4 is 23.4 Å². The third kappa shape index (κ3) is 2.99. The molecular formula is C9H13N3O3S. The van der Waals surface area contributed by atoms with E-state index in [9.17, 15) is 9.59 Å². The van der Waals surface area contributed by atoms with Crippen molar-refractivity contribution in [3.63, 3.8) is 0 Å². The first-order valence-electron chi connectivity index (χ1n) is 4.86. The monoisotopic (exact) mass is 243 g/mol. The fraction of sp³-hybridized carbons (Fsp3) is 0.556. The van der Waals surface area contributed by atoms with Crippen LogP contribution in [0.2, 0.25) is 0 Å². The average molecular weight is 243 g/mol. The van der Waals surface area contributed by atoms with E-state index in [0.717, 1.165) is 11.5 Å². The molecule has 1 heterocycles. The molecule has 1 rings (SSSR count). The van der Waals surface area contributed by atoms with Gasteiger partial charge in [-0.2, -0.15) is 0 Å². The van der Waals surface area contributed by atoms with Gasteiger partial charge in [0.05, 0.1) is 12.1 Å². The minimum atomic E-state index is -0.912. The topological polar surface area (TPSA) is 83.4 Å². The standard InChI is InChI=1S/C9H13N3O3S/c1-3-12(5-4-7(13)14)9(15)8-6(2)10-11-16-8/h3-5H2,1-2H3,(H,13,14). The van der Waals surface area contributed by atoms with E-state index in [-0.39, 0.29) is 18.9 Å². The maximum atomic E-state index is 11.9. The Morgan fingerprint density at radius 2 is 2.19 bits per heavy atom. The zero-order chi connectivity index (χ0) is 12.1. The minimum absolute atomic E-state index is 0.0507. The number of nitrogens with zero attached hydrogens (tertiary/aromatic N) is 3. The summed E-state index contributed by atoms with van der Waals surface area (Å²) in [7, 11) is 0. The summed E-state index contributed by atoms with van der Waals surface area (Å²) >= 11 is 1.04. The van der Waals surface area contributed by atoms with Crippen LogP contribution < -0.4 is 0 Å². The van der Waals surface area contributed by atoms with Crippen molar-refractivity contribution in [2.75, 3.05) is 13.1 Å². The first-order valence-corrected chi connectivity index (χ1v) is 5.63. The molecule has 0 saturated heterocycles. The Kier molecular flexibility index (Phi) is 4.36. The third-order valence-electron chi connectivity index (χ3n) is 2.11. The lowest BCUT2D eigenvalue weighted by atomic mass is 10.3. The molecule has 1 aromatic rings. The van der Waals surface area contributed by atoms with E-state index in [1.165, 1.54) is 4.90 Å². The van der Waals surface area contributed by atoms with E-state index in [4.69, 9.17) is 5.11 Å². The van der Waals surface area contributed by atoms with Crippen molar-refractivity contribution in [3.05, 3.63) is 10.6 Å². The quantitative estimate of drug-likeness (QED) is 0.826. The molecule has 0 aliphatic heterocycles. The molecule has 0 unspecified atom stereocenters. The number of aryl methyl sites for hydroxylation is 1. The first kappa shape index (κ1) is 12.6. The second kappa shape index (κ2) is 5.55. The van der Waals surface area contributed by atoms with Crippen molar-refractivity contribution in [1.29, 1.82) is 0 Å². The molecule has 0 fully saturated rings. The molecule has 0 aliphatic carbocycles. The third-order valence-corrected chi connectivity index (χ3v) is 2.93. The zero-order valence-electron chi connectivity index (χ0n) is 9.13. The number of hydrogen-bond acceptors (Lipinski definition) is 5. The Morgan fingerprint density at radius 3 is 2.62 bits per heavy atom. The number of carbonyl (C=O) groups is 2. The summed E-state index contributed by atoms with van der Waals surface area (Å²) in [5.41, 5.74) is 0.587. The van der Waals surface area contributed by atoms with Crippen molar-refractivity contribution < 1.29 is 14.7 Å². The molecule has 0 spiro atoms. The Bertz CT molecular complexity index is 391. The van der Waals surface area contributed by atoms with E-state index >= 15 is 0 Å². The molecule has 16 heavy (non-hydrogen) atoms. The largest absolute Gasteiger partial charge is 0.481 e. The van der Waals surface area contributed by atoms with Gasteiger partial charge in [0.15, 0.2) is 0 Å². The van der Waals surface area contributed by atoms with Crippen molar-refractivity contribution in [2.24, 2.45) is 0 Å². The first-order chi connectivity index (χ1) is 7.56. The Labute approximate surface area is 97.1 Å². The molecule has 1 amide bonds. The summed E-state index contributed by atoms with van der Waals surface area (Å²) in [6.07, 6.45) is -0.0507. The van der Waals surface area contributed by atoms with Crippen LogP contribution in [0.4, 0.5) is 0 Å². The van der Waals surface area contributed by atoms with Gasteiger partial charge in [0.25, 0.3) is 5.91 Å². The molecule has 1 aromatic heterocycles. The van der Waals surface area contributed by atoms with Crippen molar-refractivity contribution in [2.45, 2.75) is 20.3 Å². The summed E-state index contributed by atoms with van der Waals surface area (Å²) in [5, 5.41) is 12.3. The number of aromatic nitrogens is 2. The predicted molar refractivity (Wildman–Crippen MR) is 58.5 cm³/mol. The van der Waals surface area contributed by atoms with Crippen LogP contribution in [-0.4, -0.2) is 44.6 Å². The van der Waals surface area contributed by atoms with Gasteiger partial charge >= 0.3 is 5.97 Å². The molecule has 0 saturated carbocycles. The number of carboxylic acids is 1. The molecule has 0 atom stereocenters. The van der Waals surface area contributed by atoms with Gasteiger partial charge in [-0.1, -0.05) is 4.49 Å². The Hall–Kier alpha value is -1.50. The van der Waals surface area contributed by atoms with E-state index in [2.05, 4.69) is 9.59 Å². The highest BCUT2D eigenvalue weighted by Gasteiger charge is 2.19. The summed E-state index contributed by atoms with van der Waals surface area (Å²) in [5.74, 6) is -1.11. The van der Waals surface area contributed by atoms with Crippen LogP contribution >= 0.6 is 11.5 Å². The molecular weight excluding hydrogens is 230 g/mol. The van der Waals surface area contributed by atoms with E-state index in [1.54, 1.807) is 6.92 Å². The second-order valence-electron chi connectivity index (χ2n) is 3.22. The highest BCUT2D eigenvalue weighted by molar-refractivity contribution is 7.07. The fourth-order valence-electron chi connectivity index (χ4n) is 1.21. The SMILES string of the molecule is CCN(CCC(=O)O)C(=O)c1snnc1C. The van der Waals surface area contributed by atoms with Gasteiger partial charge in [0.2, 0.25) is 0 Å². The van der Waals surface area contributed by atoms with Crippen molar-refractivity contribution in [1.82, 2.24) is 14.5 Å². The van der Waals surface area contributed by atoms with Crippen LogP contribution in [0.3, 0.4) is 0 Å². The van der Waals surface area contributed by atoms with Crippen LogP contribution in [0.1, 0.15) is 28.7 Å². The average Bonchev–Trinajstić information content (AvgIpc) is 2.64. The Morgan fingerprint density at radius 1 is 1.50 bits per heavy atom. The van der Waals surface area contributed by atoms with Gasteiger partial charge in [0, 0.05) is 13.1 Å². The maximum Gasteiger partial charge on any atom is 0.305 e. The van der Waals surface area contributed by atoms with Crippen LogP contribution in [-0.2, 0) is 4.79 Å². The van der Waals surface area contributed by atoms with Gasteiger partial charge in [-0.05, 0) is 25.4 Å². The fourth-order valence-corrected chi connectivity index (χ4v) is 1.83. The van der Waals surface area contributed by atoms with Crippen LogP contribution in [0.5, 0.6) is 0 Å². The van der Waals surface area contributed by atoms with Gasteiger partial charge in [-0.25, -0.2) is 0 Å². The normalized spacial score (nSPS) is 10.1. The summed E-state index contributed by atoms with van der Waals surface area (Å²) in [6.45, 7) is 4.21. The van der Waals surface area contributed by atoms with E-state index < -0.39 is 5.97 Å². The minimum Gasteiger partial charge on any atom is -0.481 e. The van der Waals surface area contributed by atoms with Crippen molar-refractivity contribution in [3.8, 4) is 0 Å². The highest BCUT2D eigenvalue weighted by atomic mass is 32.1. The molecule has 0 radical (unpaired) electrons. The molecule has 0 aromatic carbocycles. The summed E-state index contributed by atoms with van der Waals surface area (Å²) < 4.78 is 3.68. The molecule has 1 N–H and O–H groups in total. The van der Waals surface area contributed by atoms with Crippen LogP contribution in [0.25, 0.3) is 0 Å². The van der Waals surface area contributed by atoms with E-state index in [1.807, 2.05) is 6.92 Å². The molecule has 7 heteroatoms. The lowest BCUT2D eigenvalue weighted by molar-refractivity contribution is -0.137. The molecule has 0 aliphatic rings. The number of hydrogen-bond donors (Lipinski definition) is 1. The summed E-state index contributed by atoms with van der Waals surface area (Å²) in [6, 6.07) is 0. The molecule has 88 valence electrons. The van der Waals surface area contributed by atoms with E-state index in [0.29, 0.717) is 17.1 Å². The molecule has 0 bridgehead atoms. The predicted octanol–water partition coefficient (Wildman–Crippen LogP) is 0.783. The second-order valence-corrected chi connectivity index (χ2v) is 3.97. The lowest BCUT2D eigenvalue weighted by Gasteiger charge is -2.18. The number of rotatable bonds is 5. The summed E-state index contributed by atoms with van der Waals surface area (Å²) in [4.78, 5) is 24.3. The van der Waals surface area contributed by atoms with Gasteiger partial charge < -0.3 is 10.0 Å². The zero-order valence-corrected chi connectivity index (χ0v) is 9.95. The highest BCUT2D eigenvalue weighted by Crippen LogP contribution is 2.12.